The van der Waals surface area contributed by atoms with Gasteiger partial charge >= 0.3 is 0 Å². The van der Waals surface area contributed by atoms with Crippen LogP contribution in [0.15, 0.2) is 29.6 Å². The quantitative estimate of drug-likeness (QED) is 0.881. The van der Waals surface area contributed by atoms with Crippen molar-refractivity contribution < 1.29 is 4.79 Å². The second kappa shape index (κ2) is 5.90. The van der Waals surface area contributed by atoms with Crippen molar-refractivity contribution in [2.24, 2.45) is 0 Å². The fourth-order valence-corrected chi connectivity index (χ4v) is 2.58. The lowest BCUT2D eigenvalue weighted by Gasteiger charge is -2.22. The van der Waals surface area contributed by atoms with Gasteiger partial charge in [-0.25, -0.2) is 9.97 Å². The van der Waals surface area contributed by atoms with Gasteiger partial charge in [-0.3, -0.25) is 14.2 Å². The van der Waals surface area contributed by atoms with E-state index in [0.29, 0.717) is 5.82 Å². The molecular formula is C14H17N5O2. The second-order valence-corrected chi connectivity index (χ2v) is 5.23. The highest BCUT2D eigenvalue weighted by Gasteiger charge is 2.18. The molecule has 2 aromatic heterocycles. The predicted molar refractivity (Wildman–Crippen MR) is 76.3 cm³/mol. The molecule has 0 unspecified atom stereocenters. The van der Waals surface area contributed by atoms with Gasteiger partial charge in [0.15, 0.2) is 0 Å². The van der Waals surface area contributed by atoms with Gasteiger partial charge in [0.1, 0.15) is 12.1 Å². The van der Waals surface area contributed by atoms with Crippen LogP contribution in [0.5, 0.6) is 0 Å². The van der Waals surface area contributed by atoms with Gasteiger partial charge in [-0.1, -0.05) is 19.3 Å². The lowest BCUT2D eigenvalue weighted by Crippen LogP contribution is -2.38. The van der Waals surface area contributed by atoms with Crippen LogP contribution in [-0.4, -0.2) is 31.5 Å². The number of nitrogens with zero attached hydrogens (tertiary/aromatic N) is 3. The molecule has 0 bridgehead atoms. The van der Waals surface area contributed by atoms with E-state index in [2.05, 4.69) is 20.3 Å². The summed E-state index contributed by atoms with van der Waals surface area (Å²) in [4.78, 5) is 34.5. The van der Waals surface area contributed by atoms with E-state index in [1.165, 1.54) is 18.8 Å². The van der Waals surface area contributed by atoms with Gasteiger partial charge in [-0.05, 0) is 12.8 Å². The maximum atomic E-state index is 12.2. The van der Waals surface area contributed by atoms with Crippen molar-refractivity contribution >= 4 is 5.91 Å². The molecule has 2 aromatic rings. The lowest BCUT2D eigenvalue weighted by atomic mass is 9.95. The van der Waals surface area contributed by atoms with Crippen LogP contribution in [0.2, 0.25) is 0 Å². The van der Waals surface area contributed by atoms with Crippen molar-refractivity contribution in [1.29, 1.82) is 0 Å². The first kappa shape index (κ1) is 13.5. The number of carbonyl (C=O) groups is 1. The molecule has 1 amide bonds. The molecule has 1 aliphatic rings. The van der Waals surface area contributed by atoms with Crippen LogP contribution >= 0.6 is 0 Å². The summed E-state index contributed by atoms with van der Waals surface area (Å²) in [5.74, 6) is 0.0859. The van der Waals surface area contributed by atoms with Gasteiger partial charge in [0, 0.05) is 24.5 Å². The van der Waals surface area contributed by atoms with Crippen molar-refractivity contribution in [3.8, 4) is 5.82 Å². The summed E-state index contributed by atoms with van der Waals surface area (Å²) in [6.45, 7) is 0. The minimum atomic E-state index is -0.359. The Morgan fingerprint density at radius 1 is 1.33 bits per heavy atom. The first-order valence-corrected chi connectivity index (χ1v) is 7.13. The smallest absolute Gasteiger partial charge is 0.287 e. The van der Waals surface area contributed by atoms with Gasteiger partial charge in [0.2, 0.25) is 5.82 Å². The van der Waals surface area contributed by atoms with E-state index in [0.717, 1.165) is 25.7 Å². The number of hydrogen-bond donors (Lipinski definition) is 2. The maximum absolute atomic E-state index is 12.2. The molecule has 0 saturated heterocycles. The molecule has 0 atom stereocenters. The molecule has 0 aromatic carbocycles. The Balaban J connectivity index is 1.81. The number of aromatic amines is 1. The van der Waals surface area contributed by atoms with E-state index in [-0.39, 0.29) is 23.3 Å². The second-order valence-electron chi connectivity index (χ2n) is 5.23. The van der Waals surface area contributed by atoms with Crippen LogP contribution in [0.1, 0.15) is 42.7 Å². The molecular weight excluding hydrogens is 270 g/mol. The third-order valence-corrected chi connectivity index (χ3v) is 3.65. The number of nitrogens with one attached hydrogen (secondary N) is 2. The van der Waals surface area contributed by atoms with Crippen molar-refractivity contribution in [3.63, 3.8) is 0 Å². The Morgan fingerprint density at radius 3 is 2.86 bits per heavy atom. The molecule has 1 saturated carbocycles. The largest absolute Gasteiger partial charge is 0.347 e. The van der Waals surface area contributed by atoms with E-state index < -0.39 is 0 Å². The van der Waals surface area contributed by atoms with Gasteiger partial charge in [0.25, 0.3) is 11.5 Å². The number of imidazole rings is 1. The van der Waals surface area contributed by atoms with Gasteiger partial charge < -0.3 is 10.3 Å². The summed E-state index contributed by atoms with van der Waals surface area (Å²) in [6.07, 6.45) is 10.2. The zero-order valence-electron chi connectivity index (χ0n) is 11.6. The Morgan fingerprint density at radius 2 is 2.14 bits per heavy atom. The summed E-state index contributed by atoms with van der Waals surface area (Å²) in [7, 11) is 0. The van der Waals surface area contributed by atoms with Crippen LogP contribution < -0.4 is 10.9 Å². The Kier molecular flexibility index (Phi) is 3.81. The van der Waals surface area contributed by atoms with Crippen LogP contribution in [-0.2, 0) is 0 Å². The Labute approximate surface area is 121 Å². The summed E-state index contributed by atoms with van der Waals surface area (Å²) in [5.41, 5.74) is -0.359. The summed E-state index contributed by atoms with van der Waals surface area (Å²) in [5, 5.41) is 2.94. The summed E-state index contributed by atoms with van der Waals surface area (Å²) >= 11 is 0. The SMILES string of the molecule is O=C(NC1CCCCC1)c1nc(-n2ccnc2)cc(=O)[nH]1. The topological polar surface area (TPSA) is 92.7 Å². The normalized spacial score (nSPS) is 15.8. The van der Waals surface area contributed by atoms with E-state index in [1.54, 1.807) is 17.0 Å². The highest BCUT2D eigenvalue weighted by atomic mass is 16.2. The fourth-order valence-electron chi connectivity index (χ4n) is 2.58. The molecule has 2 N–H and O–H groups in total. The van der Waals surface area contributed by atoms with Gasteiger partial charge in [0.05, 0.1) is 0 Å². The number of hydrogen-bond acceptors (Lipinski definition) is 4. The molecule has 7 heteroatoms. The summed E-state index contributed by atoms with van der Waals surface area (Å²) < 4.78 is 1.59. The molecule has 0 radical (unpaired) electrons. The molecule has 0 aliphatic heterocycles. The molecule has 110 valence electrons. The highest BCUT2D eigenvalue weighted by Crippen LogP contribution is 2.17. The molecule has 7 nitrogen and oxygen atoms in total. The number of rotatable bonds is 3. The average Bonchev–Trinajstić information content (AvgIpc) is 3.02. The van der Waals surface area contributed by atoms with Crippen molar-refractivity contribution in [3.05, 3.63) is 41.0 Å². The van der Waals surface area contributed by atoms with Gasteiger partial charge in [-0.15, -0.1) is 0 Å². The van der Waals surface area contributed by atoms with Crippen molar-refractivity contribution in [1.82, 2.24) is 24.8 Å². The van der Waals surface area contributed by atoms with Crippen LogP contribution in [0, 0.1) is 0 Å². The zero-order chi connectivity index (χ0) is 14.7. The van der Waals surface area contributed by atoms with Crippen LogP contribution in [0.3, 0.4) is 0 Å². The third-order valence-electron chi connectivity index (χ3n) is 3.65. The zero-order valence-corrected chi connectivity index (χ0v) is 11.6. The number of amides is 1. The first-order chi connectivity index (χ1) is 10.2. The van der Waals surface area contributed by atoms with Crippen LogP contribution in [0.25, 0.3) is 5.82 Å². The molecule has 3 rings (SSSR count). The molecule has 0 spiro atoms. The molecule has 1 aliphatic carbocycles. The Hall–Kier alpha value is -2.44. The number of H-pyrrole nitrogens is 1. The van der Waals surface area contributed by atoms with Crippen LogP contribution in [0.4, 0.5) is 0 Å². The third kappa shape index (κ3) is 3.18. The fraction of sp³-hybridized carbons (Fsp3) is 0.429. The van der Waals surface area contributed by atoms with Crippen molar-refractivity contribution in [2.45, 2.75) is 38.1 Å². The predicted octanol–water partition coefficient (Wildman–Crippen LogP) is 1.02. The van der Waals surface area contributed by atoms with E-state index >= 15 is 0 Å². The van der Waals surface area contributed by atoms with E-state index in [4.69, 9.17) is 0 Å². The molecule has 21 heavy (non-hydrogen) atoms. The number of aromatic nitrogens is 4. The monoisotopic (exact) mass is 287 g/mol. The van der Waals surface area contributed by atoms with Crippen molar-refractivity contribution in [2.75, 3.05) is 0 Å². The molecule has 2 heterocycles. The molecule has 1 fully saturated rings. The average molecular weight is 287 g/mol. The summed E-state index contributed by atoms with van der Waals surface area (Å²) in [6, 6.07) is 1.51. The van der Waals surface area contributed by atoms with Gasteiger partial charge in [-0.2, -0.15) is 0 Å². The lowest BCUT2D eigenvalue weighted by molar-refractivity contribution is 0.0916. The standard InChI is InChI=1S/C14H17N5O2/c20-12-8-11(19-7-6-15-9-19)17-13(18-12)14(21)16-10-4-2-1-3-5-10/h6-10H,1-5H2,(H,16,21)(H,17,18,20). The van der Waals surface area contributed by atoms with E-state index in [1.807, 2.05) is 0 Å². The first-order valence-electron chi connectivity index (χ1n) is 7.13. The highest BCUT2D eigenvalue weighted by molar-refractivity contribution is 5.90. The minimum Gasteiger partial charge on any atom is -0.347 e. The van der Waals surface area contributed by atoms with E-state index in [9.17, 15) is 9.59 Å². The Bertz CT molecular complexity index is 671. The minimum absolute atomic E-state index is 0.0387. The maximum Gasteiger partial charge on any atom is 0.287 e. The number of carbonyl (C=O) groups excluding carboxylic acids is 1.